The van der Waals surface area contributed by atoms with Gasteiger partial charge in [-0.2, -0.15) is 0 Å². The molecule has 4 aromatic carbocycles. The number of benzene rings is 4. The van der Waals surface area contributed by atoms with Crippen molar-refractivity contribution in [2.75, 3.05) is 19.0 Å². The largest absolute Gasteiger partial charge is 0.366 e. The first-order chi connectivity index (χ1) is 20.3. The van der Waals surface area contributed by atoms with Gasteiger partial charge in [0.1, 0.15) is 0 Å². The molecule has 0 radical (unpaired) electrons. The molecule has 6 nitrogen and oxygen atoms in total. The molecule has 1 aliphatic rings. The standard InChI is InChI=1S/C35H31BrN4O2/c1-38(2)21-26-16-17-27-22-40(32-14-7-6-11-25(32)20-39(26)27)35(42)30-18-15-24(19-31(30)36)29-13-8-12-28(33(29)34(37)41)23-9-4-3-5-10-23/h3-19H,20-22H2,1-2H3,(H2,37,41). The number of para-hydroxylation sites is 1. The summed E-state index contributed by atoms with van der Waals surface area (Å²) in [6.07, 6.45) is 0. The summed E-state index contributed by atoms with van der Waals surface area (Å²) < 4.78 is 2.96. The van der Waals surface area contributed by atoms with E-state index in [1.807, 2.05) is 89.8 Å². The Bertz CT molecular complexity index is 1810. The maximum absolute atomic E-state index is 14.2. The molecule has 42 heavy (non-hydrogen) atoms. The summed E-state index contributed by atoms with van der Waals surface area (Å²) in [7, 11) is 4.12. The van der Waals surface area contributed by atoms with E-state index in [9.17, 15) is 9.59 Å². The Morgan fingerprint density at radius 1 is 0.810 bits per heavy atom. The summed E-state index contributed by atoms with van der Waals surface area (Å²) >= 11 is 3.68. The fourth-order valence-corrected chi connectivity index (χ4v) is 6.33. The van der Waals surface area contributed by atoms with Crippen LogP contribution in [0.5, 0.6) is 0 Å². The average Bonchev–Trinajstić information content (AvgIpc) is 3.26. The van der Waals surface area contributed by atoms with Crippen LogP contribution in [0.1, 0.15) is 37.7 Å². The number of amides is 2. The van der Waals surface area contributed by atoms with E-state index < -0.39 is 5.91 Å². The molecule has 0 aliphatic carbocycles. The number of fused-ring (bicyclic) bond motifs is 2. The number of hydrogen-bond donors (Lipinski definition) is 1. The fraction of sp³-hybridized carbons (Fsp3) is 0.143. The molecule has 0 unspecified atom stereocenters. The second-order valence-corrected chi connectivity index (χ2v) is 11.7. The minimum absolute atomic E-state index is 0.0992. The molecule has 2 N–H and O–H groups in total. The number of carbonyl (C=O) groups excluding carboxylic acids is 2. The van der Waals surface area contributed by atoms with Gasteiger partial charge in [0.15, 0.2) is 0 Å². The van der Waals surface area contributed by atoms with E-state index in [-0.39, 0.29) is 5.91 Å². The van der Waals surface area contributed by atoms with Crippen LogP contribution in [0.3, 0.4) is 0 Å². The van der Waals surface area contributed by atoms with Gasteiger partial charge in [-0.3, -0.25) is 9.59 Å². The molecule has 0 saturated carbocycles. The van der Waals surface area contributed by atoms with Crippen LogP contribution in [0.4, 0.5) is 5.69 Å². The van der Waals surface area contributed by atoms with Crippen LogP contribution in [0.25, 0.3) is 22.3 Å². The summed E-state index contributed by atoms with van der Waals surface area (Å²) in [6.45, 7) is 1.99. The lowest BCUT2D eigenvalue weighted by molar-refractivity contribution is 0.0981. The topological polar surface area (TPSA) is 71.6 Å². The highest BCUT2D eigenvalue weighted by Gasteiger charge is 2.27. The first-order valence-corrected chi connectivity index (χ1v) is 14.6. The number of nitrogens with two attached hydrogens (primary N) is 1. The normalized spacial score (nSPS) is 12.5. The number of rotatable bonds is 6. The highest BCUT2D eigenvalue weighted by molar-refractivity contribution is 9.10. The van der Waals surface area contributed by atoms with Crippen molar-refractivity contribution in [1.82, 2.24) is 9.47 Å². The quantitative estimate of drug-likeness (QED) is 0.224. The van der Waals surface area contributed by atoms with Gasteiger partial charge in [0.2, 0.25) is 5.91 Å². The minimum Gasteiger partial charge on any atom is -0.366 e. The van der Waals surface area contributed by atoms with Crippen molar-refractivity contribution in [2.24, 2.45) is 5.73 Å². The van der Waals surface area contributed by atoms with Gasteiger partial charge in [0, 0.05) is 34.6 Å². The first-order valence-electron chi connectivity index (χ1n) is 13.8. The molecule has 7 heteroatoms. The van der Waals surface area contributed by atoms with E-state index in [4.69, 9.17) is 5.73 Å². The molecular formula is C35H31BrN4O2. The third kappa shape index (κ3) is 5.17. The van der Waals surface area contributed by atoms with E-state index in [2.05, 4.69) is 57.7 Å². The Morgan fingerprint density at radius 2 is 1.52 bits per heavy atom. The van der Waals surface area contributed by atoms with Gasteiger partial charge in [-0.25, -0.2) is 0 Å². The lowest BCUT2D eigenvalue weighted by atomic mass is 9.91. The van der Waals surface area contributed by atoms with Crippen LogP contribution in [0.15, 0.2) is 108 Å². The Kier molecular flexibility index (Phi) is 7.54. The number of anilines is 1. The van der Waals surface area contributed by atoms with Gasteiger partial charge in [-0.1, -0.05) is 72.8 Å². The number of halogens is 1. The number of carbonyl (C=O) groups is 2. The van der Waals surface area contributed by atoms with Crippen molar-refractivity contribution >= 4 is 33.4 Å². The zero-order valence-electron chi connectivity index (χ0n) is 23.5. The molecule has 0 saturated heterocycles. The van der Waals surface area contributed by atoms with Gasteiger partial charge in [0.05, 0.1) is 17.7 Å². The zero-order chi connectivity index (χ0) is 29.4. The molecule has 2 amide bonds. The van der Waals surface area contributed by atoms with Crippen molar-refractivity contribution in [3.8, 4) is 22.3 Å². The lowest BCUT2D eigenvalue weighted by Crippen LogP contribution is -2.31. The van der Waals surface area contributed by atoms with Crippen molar-refractivity contribution < 1.29 is 9.59 Å². The Morgan fingerprint density at radius 3 is 2.24 bits per heavy atom. The summed E-state index contributed by atoms with van der Waals surface area (Å²) in [5.74, 6) is -0.601. The first kappa shape index (κ1) is 27.7. The van der Waals surface area contributed by atoms with Crippen LogP contribution in [0.2, 0.25) is 0 Å². The maximum Gasteiger partial charge on any atom is 0.259 e. The number of aromatic nitrogens is 1. The van der Waals surface area contributed by atoms with Crippen LogP contribution < -0.4 is 10.6 Å². The zero-order valence-corrected chi connectivity index (χ0v) is 25.1. The molecule has 5 aromatic rings. The van der Waals surface area contributed by atoms with Crippen LogP contribution in [0, 0.1) is 0 Å². The molecule has 1 aliphatic heterocycles. The molecule has 6 rings (SSSR count). The lowest BCUT2D eigenvalue weighted by Gasteiger charge is -2.23. The summed E-state index contributed by atoms with van der Waals surface area (Å²) in [5.41, 5.74) is 14.4. The highest BCUT2D eigenvalue weighted by atomic mass is 79.9. The van der Waals surface area contributed by atoms with Gasteiger partial charge in [-0.05, 0) is 88.2 Å². The highest BCUT2D eigenvalue weighted by Crippen LogP contribution is 2.36. The third-order valence-electron chi connectivity index (χ3n) is 7.72. The SMILES string of the molecule is CN(C)Cc1ccc2n1Cc1ccccc1N(C(=O)c1ccc(-c3cccc(-c4ccccc4)c3C(N)=O)cc1Br)C2. The predicted molar refractivity (Wildman–Crippen MR) is 171 cm³/mol. The van der Waals surface area contributed by atoms with E-state index in [0.29, 0.717) is 28.7 Å². The van der Waals surface area contributed by atoms with Gasteiger partial charge < -0.3 is 20.1 Å². The molecule has 1 aromatic heterocycles. The van der Waals surface area contributed by atoms with Crippen molar-refractivity contribution in [1.29, 1.82) is 0 Å². The third-order valence-corrected chi connectivity index (χ3v) is 8.38. The average molecular weight is 620 g/mol. The maximum atomic E-state index is 14.2. The van der Waals surface area contributed by atoms with E-state index in [1.165, 1.54) is 5.69 Å². The van der Waals surface area contributed by atoms with E-state index >= 15 is 0 Å². The van der Waals surface area contributed by atoms with Crippen molar-refractivity contribution in [3.63, 3.8) is 0 Å². The van der Waals surface area contributed by atoms with Crippen molar-refractivity contribution in [3.05, 3.63) is 136 Å². The van der Waals surface area contributed by atoms with Gasteiger partial charge in [-0.15, -0.1) is 0 Å². The molecule has 0 spiro atoms. The molecule has 2 heterocycles. The molecule has 0 atom stereocenters. The van der Waals surface area contributed by atoms with Crippen LogP contribution in [-0.4, -0.2) is 35.4 Å². The Hall–Kier alpha value is -4.46. The minimum atomic E-state index is -0.501. The van der Waals surface area contributed by atoms with E-state index in [0.717, 1.165) is 45.7 Å². The summed E-state index contributed by atoms with van der Waals surface area (Å²) in [5, 5.41) is 0. The monoisotopic (exact) mass is 618 g/mol. The molecule has 210 valence electrons. The second kappa shape index (κ2) is 11.4. The number of hydrogen-bond acceptors (Lipinski definition) is 3. The molecule has 0 bridgehead atoms. The molecule has 0 fully saturated rings. The second-order valence-electron chi connectivity index (χ2n) is 10.8. The van der Waals surface area contributed by atoms with Crippen LogP contribution in [-0.2, 0) is 19.6 Å². The Labute approximate surface area is 254 Å². The van der Waals surface area contributed by atoms with Gasteiger partial charge in [0.25, 0.3) is 5.91 Å². The van der Waals surface area contributed by atoms with Crippen molar-refractivity contribution in [2.45, 2.75) is 19.6 Å². The summed E-state index contributed by atoms with van der Waals surface area (Å²) in [6, 6.07) is 33.4. The van der Waals surface area contributed by atoms with Crippen LogP contribution >= 0.6 is 15.9 Å². The smallest absolute Gasteiger partial charge is 0.259 e. The number of nitrogens with zero attached hydrogens (tertiary/aromatic N) is 3. The molecular weight excluding hydrogens is 588 g/mol. The predicted octanol–water partition coefficient (Wildman–Crippen LogP) is 6.95. The Balaban J connectivity index is 1.39. The fourth-order valence-electron chi connectivity index (χ4n) is 5.78. The van der Waals surface area contributed by atoms with E-state index in [1.54, 1.807) is 0 Å². The van der Waals surface area contributed by atoms with Gasteiger partial charge >= 0.3 is 0 Å². The summed E-state index contributed by atoms with van der Waals surface area (Å²) in [4.78, 5) is 30.9. The number of primary amides is 1.